The van der Waals surface area contributed by atoms with Gasteiger partial charge in [-0.05, 0) is 12.8 Å². The molecule has 5 heteroatoms. The first-order valence-electron chi connectivity index (χ1n) is 12.9. The minimum atomic E-state index is -3.98. The van der Waals surface area contributed by atoms with Crippen LogP contribution in [0.15, 0.2) is 30.6 Å². The molecule has 0 aliphatic carbocycles. The van der Waals surface area contributed by atoms with E-state index in [1.807, 2.05) is 0 Å². The Morgan fingerprint density at radius 2 is 0.968 bits per heavy atom. The molecular weight excluding hydrogens is 406 g/mol. The maximum atomic E-state index is 10.2. The van der Waals surface area contributed by atoms with Gasteiger partial charge in [0, 0.05) is 24.3 Å². The minimum Gasteiger partial charge on any atom is -0.748 e. The Morgan fingerprint density at radius 3 is 1.39 bits per heavy atom. The molecule has 0 fully saturated rings. The molecule has 0 saturated heterocycles. The largest absolute Gasteiger partial charge is 0.748 e. The first kappa shape index (κ1) is 30.1. The van der Waals surface area contributed by atoms with Crippen molar-refractivity contribution >= 4 is 10.1 Å². The van der Waals surface area contributed by atoms with Crippen LogP contribution in [0.1, 0.15) is 123 Å². The summed E-state index contributed by atoms with van der Waals surface area (Å²) < 4.78 is 33.0. The van der Waals surface area contributed by atoms with Gasteiger partial charge in [0.2, 0.25) is 0 Å². The van der Waals surface area contributed by atoms with Gasteiger partial charge >= 0.3 is 0 Å². The van der Waals surface area contributed by atoms with Gasteiger partial charge in [-0.25, -0.2) is 13.0 Å². The Kier molecular flexibility index (Phi) is 21.6. The van der Waals surface area contributed by atoms with Crippen LogP contribution >= 0.6 is 0 Å². The fourth-order valence-electron chi connectivity index (χ4n) is 3.60. The lowest BCUT2D eigenvalue weighted by atomic mass is 10.1. The molecule has 0 bridgehead atoms. The lowest BCUT2D eigenvalue weighted by molar-refractivity contribution is -0.697. The molecule has 0 aliphatic rings. The number of rotatable bonds is 19. The van der Waals surface area contributed by atoms with Gasteiger partial charge in [0.05, 0.1) is 10.1 Å². The third kappa shape index (κ3) is 25.2. The Bertz CT molecular complexity index is 576. The molecule has 0 atom stereocenters. The Morgan fingerprint density at radius 1 is 0.581 bits per heavy atom. The molecule has 0 radical (unpaired) electrons. The number of hydrogen-bond acceptors (Lipinski definition) is 3. The fourth-order valence-corrected chi connectivity index (χ4v) is 4.16. The van der Waals surface area contributed by atoms with Crippen LogP contribution in [0.2, 0.25) is 0 Å². The summed E-state index contributed by atoms with van der Waals surface area (Å²) in [5, 5.41) is 0. The number of aromatic nitrogens is 1. The van der Waals surface area contributed by atoms with Gasteiger partial charge in [-0.1, -0.05) is 110 Å². The maximum Gasteiger partial charge on any atom is 0.168 e. The number of aryl methyl sites for hydroxylation is 1. The maximum absolute atomic E-state index is 10.2. The molecule has 0 aliphatic heterocycles. The van der Waals surface area contributed by atoms with E-state index in [-0.39, 0.29) is 5.75 Å². The third-order valence-corrected chi connectivity index (χ3v) is 6.33. The van der Waals surface area contributed by atoms with Crippen molar-refractivity contribution in [1.82, 2.24) is 0 Å². The van der Waals surface area contributed by atoms with Gasteiger partial charge in [0.1, 0.15) is 6.54 Å². The smallest absolute Gasteiger partial charge is 0.168 e. The predicted molar refractivity (Wildman–Crippen MR) is 131 cm³/mol. The van der Waals surface area contributed by atoms with Crippen molar-refractivity contribution in [3.63, 3.8) is 0 Å². The second kappa shape index (κ2) is 22.3. The van der Waals surface area contributed by atoms with Crippen molar-refractivity contribution in [3.05, 3.63) is 30.6 Å². The molecule has 182 valence electrons. The summed E-state index contributed by atoms with van der Waals surface area (Å²) in [5.74, 6) is -0.193. The normalized spacial score (nSPS) is 11.2. The molecule has 1 rings (SSSR count). The highest BCUT2D eigenvalue weighted by Crippen LogP contribution is 2.10. The summed E-state index contributed by atoms with van der Waals surface area (Å²) in [4.78, 5) is 0. The molecule has 0 aromatic carbocycles. The Labute approximate surface area is 193 Å². The van der Waals surface area contributed by atoms with E-state index in [1.165, 1.54) is 96.4 Å². The second-order valence-corrected chi connectivity index (χ2v) is 10.2. The van der Waals surface area contributed by atoms with Gasteiger partial charge in [-0.15, -0.1) is 0 Å². The van der Waals surface area contributed by atoms with Crippen LogP contribution < -0.4 is 4.57 Å². The average molecular weight is 456 g/mol. The van der Waals surface area contributed by atoms with Gasteiger partial charge < -0.3 is 4.55 Å². The zero-order valence-electron chi connectivity index (χ0n) is 20.4. The van der Waals surface area contributed by atoms with Gasteiger partial charge in [0.25, 0.3) is 0 Å². The molecule has 0 unspecified atom stereocenters. The van der Waals surface area contributed by atoms with Crippen LogP contribution in [0, 0.1) is 0 Å². The van der Waals surface area contributed by atoms with Gasteiger partial charge in [-0.3, -0.25) is 0 Å². The monoisotopic (exact) mass is 455 g/mol. The second-order valence-electron chi connectivity index (χ2n) is 8.68. The predicted octanol–water partition coefficient (Wildman–Crippen LogP) is 7.18. The molecule has 1 aromatic heterocycles. The quantitative estimate of drug-likeness (QED) is 0.126. The third-order valence-electron chi connectivity index (χ3n) is 5.55. The summed E-state index contributed by atoms with van der Waals surface area (Å²) >= 11 is 0. The molecular formula is C26H49NO3S. The molecule has 0 N–H and O–H groups in total. The summed E-state index contributed by atoms with van der Waals surface area (Å²) in [6.07, 6.45) is 25.6. The van der Waals surface area contributed by atoms with E-state index in [4.69, 9.17) is 0 Å². The highest BCUT2D eigenvalue weighted by Gasteiger charge is 1.98. The molecule has 0 amide bonds. The topological polar surface area (TPSA) is 61.1 Å². The van der Waals surface area contributed by atoms with Gasteiger partial charge in [-0.2, -0.15) is 0 Å². The van der Waals surface area contributed by atoms with E-state index in [0.29, 0.717) is 6.42 Å². The van der Waals surface area contributed by atoms with E-state index in [9.17, 15) is 13.0 Å². The highest BCUT2D eigenvalue weighted by molar-refractivity contribution is 7.85. The number of hydrogen-bond donors (Lipinski definition) is 0. The van der Waals surface area contributed by atoms with E-state index in [2.05, 4.69) is 49.0 Å². The number of unbranched alkanes of at least 4 members (excludes halogenated alkanes) is 15. The molecule has 1 aromatic rings. The lowest BCUT2D eigenvalue weighted by Gasteiger charge is -2.05. The molecule has 31 heavy (non-hydrogen) atoms. The Hall–Kier alpha value is -0.940. The van der Waals surface area contributed by atoms with E-state index in [1.54, 1.807) is 0 Å². The van der Waals surface area contributed by atoms with E-state index in [0.717, 1.165) is 12.8 Å². The van der Waals surface area contributed by atoms with Crippen molar-refractivity contribution in [2.45, 2.75) is 130 Å². The summed E-state index contributed by atoms with van der Waals surface area (Å²) in [5.41, 5.74) is 0. The standard InChI is InChI=1S/C16H28N.C10H22O3S/c1-2-3-4-5-6-7-8-9-11-14-17-15-12-10-13-16-17;1-2-3-4-5-6-7-8-9-10-14(11,12)13/h10,12-13,15-16H,2-9,11,14H2,1H3;2-10H2,1H3,(H,11,12,13)/q+1;/p-1. The Balaban J connectivity index is 0.000000594. The van der Waals surface area contributed by atoms with Crippen LogP contribution in [0.5, 0.6) is 0 Å². The van der Waals surface area contributed by atoms with Crippen LogP contribution in [0.4, 0.5) is 0 Å². The highest BCUT2D eigenvalue weighted by atomic mass is 32.2. The van der Waals surface area contributed by atoms with Crippen molar-refractivity contribution in [3.8, 4) is 0 Å². The first-order valence-corrected chi connectivity index (χ1v) is 14.4. The SMILES string of the molecule is CCCCCCCCCCC[n+]1ccccc1.CCCCCCCCCCS(=O)(=O)[O-]. The van der Waals surface area contributed by atoms with Crippen LogP contribution in [-0.2, 0) is 16.7 Å². The minimum absolute atomic E-state index is 0.193. The van der Waals surface area contributed by atoms with Crippen LogP contribution in [0.3, 0.4) is 0 Å². The zero-order valence-corrected chi connectivity index (χ0v) is 21.2. The zero-order chi connectivity index (χ0) is 23.0. The van der Waals surface area contributed by atoms with Crippen molar-refractivity contribution in [2.24, 2.45) is 0 Å². The molecule has 1 heterocycles. The van der Waals surface area contributed by atoms with Gasteiger partial charge in [0.15, 0.2) is 12.4 Å². The van der Waals surface area contributed by atoms with Crippen LogP contribution in [-0.4, -0.2) is 18.7 Å². The average Bonchev–Trinajstić information content (AvgIpc) is 2.75. The van der Waals surface area contributed by atoms with E-state index >= 15 is 0 Å². The van der Waals surface area contributed by atoms with Crippen molar-refractivity contribution in [2.75, 3.05) is 5.75 Å². The summed E-state index contributed by atoms with van der Waals surface area (Å²) in [6, 6.07) is 6.29. The summed E-state index contributed by atoms with van der Waals surface area (Å²) in [7, 11) is -3.98. The van der Waals surface area contributed by atoms with E-state index < -0.39 is 10.1 Å². The first-order chi connectivity index (χ1) is 15.0. The molecule has 4 nitrogen and oxygen atoms in total. The number of nitrogens with zero attached hydrogens (tertiary/aromatic N) is 1. The van der Waals surface area contributed by atoms with Crippen LogP contribution in [0.25, 0.3) is 0 Å². The molecule has 0 spiro atoms. The van der Waals surface area contributed by atoms with Crippen molar-refractivity contribution < 1.29 is 17.5 Å². The molecule has 0 saturated carbocycles. The number of pyridine rings is 1. The fraction of sp³-hybridized carbons (Fsp3) is 0.808. The summed E-state index contributed by atoms with van der Waals surface area (Å²) in [6.45, 7) is 5.64. The van der Waals surface area contributed by atoms with Crippen molar-refractivity contribution in [1.29, 1.82) is 0 Å². The lowest BCUT2D eigenvalue weighted by Crippen LogP contribution is -2.32.